The predicted molar refractivity (Wildman–Crippen MR) is 83.6 cm³/mol. The highest BCUT2D eigenvalue weighted by atomic mass is 35.5. The topological polar surface area (TPSA) is 49.6 Å². The summed E-state index contributed by atoms with van der Waals surface area (Å²) in [6.45, 7) is 0.588. The van der Waals surface area contributed by atoms with E-state index in [1.807, 2.05) is 0 Å². The minimum absolute atomic E-state index is 0. The smallest absolute Gasteiger partial charge is 0.340 e. The van der Waals surface area contributed by atoms with Gasteiger partial charge in [0, 0.05) is 26.2 Å². The Labute approximate surface area is 141 Å². The fourth-order valence-corrected chi connectivity index (χ4v) is 3.12. The quantitative estimate of drug-likeness (QED) is 0.815. The Morgan fingerprint density at radius 1 is 1.00 bits per heavy atom. The third kappa shape index (κ3) is 5.76. The molecule has 2 N–H and O–H groups in total. The summed E-state index contributed by atoms with van der Waals surface area (Å²) in [7, 11) is 0. The van der Waals surface area contributed by atoms with E-state index in [0.29, 0.717) is 38.9 Å². The van der Waals surface area contributed by atoms with Crippen LogP contribution in [0.15, 0.2) is 0 Å². The van der Waals surface area contributed by atoms with Crippen LogP contribution in [0.1, 0.15) is 32.1 Å². The summed E-state index contributed by atoms with van der Waals surface area (Å²) < 4.78 is 37.2. The fourth-order valence-electron chi connectivity index (χ4n) is 3.12. The van der Waals surface area contributed by atoms with Crippen LogP contribution >= 0.6 is 24.8 Å². The molecule has 0 bridgehead atoms. The van der Waals surface area contributed by atoms with Gasteiger partial charge in [0.2, 0.25) is 5.91 Å². The molecule has 2 rings (SSSR count). The Morgan fingerprint density at radius 3 is 2.14 bits per heavy atom. The molecule has 0 atom stereocenters. The maximum Gasteiger partial charge on any atom is 0.401 e. The predicted octanol–water partition coefficient (Wildman–Crippen LogP) is 2.20. The van der Waals surface area contributed by atoms with Gasteiger partial charge < -0.3 is 10.6 Å². The van der Waals surface area contributed by atoms with Gasteiger partial charge in [-0.1, -0.05) is 12.8 Å². The van der Waals surface area contributed by atoms with E-state index in [4.69, 9.17) is 5.73 Å². The van der Waals surface area contributed by atoms with Crippen molar-refractivity contribution in [1.29, 1.82) is 0 Å². The van der Waals surface area contributed by atoms with Crippen LogP contribution in [0.3, 0.4) is 0 Å². The van der Waals surface area contributed by atoms with Gasteiger partial charge in [-0.15, -0.1) is 24.8 Å². The number of rotatable bonds is 2. The first-order chi connectivity index (χ1) is 9.30. The molecule has 2 fully saturated rings. The summed E-state index contributed by atoms with van der Waals surface area (Å²) >= 11 is 0. The van der Waals surface area contributed by atoms with Gasteiger partial charge in [0.25, 0.3) is 0 Å². The molecule has 0 radical (unpaired) electrons. The molecule has 0 aromatic rings. The molecule has 1 aliphatic heterocycles. The third-order valence-electron chi connectivity index (χ3n) is 4.20. The largest absolute Gasteiger partial charge is 0.401 e. The molecule has 9 heteroatoms. The second-order valence-corrected chi connectivity index (χ2v) is 5.90. The molecule has 1 saturated carbocycles. The number of hydrogen-bond acceptors (Lipinski definition) is 3. The van der Waals surface area contributed by atoms with E-state index in [2.05, 4.69) is 0 Å². The van der Waals surface area contributed by atoms with E-state index in [9.17, 15) is 18.0 Å². The summed E-state index contributed by atoms with van der Waals surface area (Å²) in [6.07, 6.45) is -0.326. The van der Waals surface area contributed by atoms with Gasteiger partial charge in [-0.25, -0.2) is 0 Å². The number of hydrogen-bond donors (Lipinski definition) is 1. The Morgan fingerprint density at radius 2 is 1.59 bits per heavy atom. The number of alkyl halides is 3. The summed E-state index contributed by atoms with van der Waals surface area (Å²) in [5.41, 5.74) is 5.36. The average molecular weight is 366 g/mol. The average Bonchev–Trinajstić information content (AvgIpc) is 2.66. The molecule has 22 heavy (non-hydrogen) atoms. The van der Waals surface area contributed by atoms with Gasteiger partial charge in [-0.3, -0.25) is 9.69 Å². The number of nitrogens with zero attached hydrogens (tertiary/aromatic N) is 2. The molecule has 1 aliphatic carbocycles. The molecular weight excluding hydrogens is 342 g/mol. The normalized spacial score (nSPS) is 22.5. The molecule has 2 aliphatic rings. The van der Waals surface area contributed by atoms with Crippen molar-refractivity contribution >= 4 is 30.7 Å². The lowest BCUT2D eigenvalue weighted by Crippen LogP contribution is -2.54. The minimum Gasteiger partial charge on any atom is -0.340 e. The van der Waals surface area contributed by atoms with Gasteiger partial charge in [-0.05, 0) is 19.3 Å². The Balaban J connectivity index is 0.00000220. The summed E-state index contributed by atoms with van der Waals surface area (Å²) in [6, 6.07) is 0. The number of carbonyl (C=O) groups is 1. The second kappa shape index (κ2) is 8.57. The van der Waals surface area contributed by atoms with Gasteiger partial charge >= 0.3 is 6.18 Å². The molecule has 0 unspecified atom stereocenters. The van der Waals surface area contributed by atoms with Crippen molar-refractivity contribution in [2.24, 2.45) is 5.73 Å². The van der Waals surface area contributed by atoms with E-state index in [1.165, 1.54) is 4.90 Å². The first kappa shape index (κ1) is 21.8. The van der Waals surface area contributed by atoms with Crippen LogP contribution < -0.4 is 5.73 Å². The van der Waals surface area contributed by atoms with Crippen molar-refractivity contribution in [2.45, 2.75) is 43.8 Å². The van der Waals surface area contributed by atoms with Crippen molar-refractivity contribution in [2.75, 3.05) is 32.7 Å². The lowest BCUT2D eigenvalue weighted by atomic mass is 9.97. The standard InChI is InChI=1S/C13H22F3N3O.2ClH/c14-13(15,16)10-18-6-3-7-19(9-8-18)11(20)12(17)4-1-2-5-12;;/h1-10,17H2;2*1H. The summed E-state index contributed by atoms with van der Waals surface area (Å²) in [5, 5.41) is 0. The molecule has 4 nitrogen and oxygen atoms in total. The summed E-state index contributed by atoms with van der Waals surface area (Å²) in [5.74, 6) is -0.0798. The van der Waals surface area contributed by atoms with Crippen LogP contribution in [0, 0.1) is 0 Å². The highest BCUT2D eigenvalue weighted by molar-refractivity contribution is 5.86. The molecule has 132 valence electrons. The lowest BCUT2D eigenvalue weighted by molar-refractivity contribution is -0.145. The minimum atomic E-state index is -4.18. The van der Waals surface area contributed by atoms with Crippen molar-refractivity contribution in [3.8, 4) is 0 Å². The van der Waals surface area contributed by atoms with E-state index in [-0.39, 0.29) is 37.3 Å². The van der Waals surface area contributed by atoms with Gasteiger partial charge in [0.1, 0.15) is 0 Å². The Kier molecular flexibility index (Phi) is 8.47. The molecule has 0 aromatic heterocycles. The molecule has 0 spiro atoms. The van der Waals surface area contributed by atoms with Crippen LogP contribution in [0.4, 0.5) is 13.2 Å². The number of amides is 1. The fraction of sp³-hybridized carbons (Fsp3) is 0.923. The Hall–Kier alpha value is -0.240. The van der Waals surface area contributed by atoms with Gasteiger partial charge in [-0.2, -0.15) is 13.2 Å². The highest BCUT2D eigenvalue weighted by Gasteiger charge is 2.40. The Bertz CT molecular complexity index is 363. The van der Waals surface area contributed by atoms with Crippen LogP contribution in [0.25, 0.3) is 0 Å². The van der Waals surface area contributed by atoms with Crippen LogP contribution in [0.5, 0.6) is 0 Å². The lowest BCUT2D eigenvalue weighted by Gasteiger charge is -2.30. The first-order valence-electron chi connectivity index (χ1n) is 7.18. The van der Waals surface area contributed by atoms with E-state index < -0.39 is 18.3 Å². The van der Waals surface area contributed by atoms with Crippen molar-refractivity contribution < 1.29 is 18.0 Å². The van der Waals surface area contributed by atoms with E-state index in [0.717, 1.165) is 12.8 Å². The molecular formula is C13H24Cl2F3N3O. The molecule has 1 amide bonds. The van der Waals surface area contributed by atoms with Crippen molar-refractivity contribution in [1.82, 2.24) is 9.80 Å². The molecule has 1 heterocycles. The van der Waals surface area contributed by atoms with Crippen LogP contribution in [-0.2, 0) is 4.79 Å². The SMILES string of the molecule is Cl.Cl.NC1(C(=O)N2CCCN(CC(F)(F)F)CC2)CCCC1. The van der Waals surface area contributed by atoms with Gasteiger partial charge in [0.05, 0.1) is 12.1 Å². The highest BCUT2D eigenvalue weighted by Crippen LogP contribution is 2.29. The van der Waals surface area contributed by atoms with Crippen LogP contribution in [0.2, 0.25) is 0 Å². The maximum atomic E-state index is 12.4. The van der Waals surface area contributed by atoms with Crippen LogP contribution in [-0.4, -0.2) is 60.1 Å². The number of nitrogens with two attached hydrogens (primary N) is 1. The third-order valence-corrected chi connectivity index (χ3v) is 4.20. The zero-order valence-corrected chi connectivity index (χ0v) is 14.0. The van der Waals surface area contributed by atoms with E-state index >= 15 is 0 Å². The zero-order chi connectivity index (χ0) is 14.8. The summed E-state index contributed by atoms with van der Waals surface area (Å²) in [4.78, 5) is 15.4. The monoisotopic (exact) mass is 365 g/mol. The zero-order valence-electron chi connectivity index (χ0n) is 12.4. The maximum absolute atomic E-state index is 12.4. The molecule has 1 saturated heterocycles. The van der Waals surface area contributed by atoms with Crippen molar-refractivity contribution in [3.63, 3.8) is 0 Å². The number of carbonyl (C=O) groups excluding carboxylic acids is 1. The molecule has 0 aromatic carbocycles. The number of halogens is 5. The second-order valence-electron chi connectivity index (χ2n) is 5.90. The van der Waals surface area contributed by atoms with Gasteiger partial charge in [0.15, 0.2) is 0 Å². The van der Waals surface area contributed by atoms with E-state index in [1.54, 1.807) is 4.90 Å². The van der Waals surface area contributed by atoms with Crippen molar-refractivity contribution in [3.05, 3.63) is 0 Å². The first-order valence-corrected chi connectivity index (χ1v) is 7.18.